The normalized spacial score (nSPS) is 16.4. The lowest BCUT2D eigenvalue weighted by atomic mass is 10.1. The minimum absolute atomic E-state index is 0.0239. The molecule has 2 saturated heterocycles. The van der Waals surface area contributed by atoms with Crippen LogP contribution in [0.3, 0.4) is 0 Å². The summed E-state index contributed by atoms with van der Waals surface area (Å²) in [4.78, 5) is 24.3. The predicted molar refractivity (Wildman–Crippen MR) is 164 cm³/mol. The van der Waals surface area contributed by atoms with Crippen LogP contribution >= 0.6 is 0 Å². The van der Waals surface area contributed by atoms with E-state index in [1.165, 1.54) is 6.20 Å². The molecule has 3 N–H and O–H groups in total. The van der Waals surface area contributed by atoms with E-state index in [9.17, 15) is 10.1 Å². The molecule has 0 spiro atoms. The molecule has 43 heavy (non-hydrogen) atoms. The molecule has 216 valence electrons. The van der Waals surface area contributed by atoms with Gasteiger partial charge < -0.3 is 30.3 Å². The molecule has 0 unspecified atom stereocenters. The average Bonchev–Trinajstić information content (AvgIpc) is 3.53. The Hall–Kier alpha value is -5.16. The Morgan fingerprint density at radius 3 is 2.81 bits per heavy atom. The number of carbonyl (C=O) groups excluding carboxylic acids is 1. The zero-order valence-electron chi connectivity index (χ0n) is 23.8. The molecule has 0 aliphatic carbocycles. The first-order valence-electron chi connectivity index (χ1n) is 14.3. The maximum atomic E-state index is 13.1. The topological polar surface area (TPSA) is 124 Å². The van der Waals surface area contributed by atoms with Crippen LogP contribution in [0, 0.1) is 23.5 Å². The maximum absolute atomic E-state index is 13.1. The maximum Gasteiger partial charge on any atom is 0.248 e. The van der Waals surface area contributed by atoms with Gasteiger partial charge in [-0.05, 0) is 74.8 Å². The van der Waals surface area contributed by atoms with Crippen molar-refractivity contribution in [1.29, 1.82) is 5.26 Å². The third-order valence-electron chi connectivity index (χ3n) is 7.46. The standard InChI is InChI=1S/C33H31N7O3/c1-40-13-10-26(11-14-40)42-30-17-28-27(16-29(30)39-31(41)15-22-9-12-35-19-22)33(23(18-34)20-36-28)38-24-7-8-32(37-21-24)43-25-5-3-2-4-6-25/h2-3,5,7-8,15-17,20-21,26,35H,9-14,19H2,1H3,(H,36,38)(H,39,41). The highest BCUT2D eigenvalue weighted by atomic mass is 16.5. The molecule has 2 aliphatic rings. The Balaban J connectivity index is 1.32. The van der Waals surface area contributed by atoms with Gasteiger partial charge in [0.1, 0.15) is 17.9 Å². The number of piperidine rings is 1. The summed E-state index contributed by atoms with van der Waals surface area (Å²) in [5, 5.41) is 20.2. The summed E-state index contributed by atoms with van der Waals surface area (Å²) in [6.45, 7) is 3.45. The van der Waals surface area contributed by atoms with E-state index in [1.807, 2.05) is 24.3 Å². The lowest BCUT2D eigenvalue weighted by Gasteiger charge is -2.30. The minimum atomic E-state index is -0.224. The number of fused-ring (bicyclic) bond motifs is 1. The molecule has 6 rings (SSSR count). The van der Waals surface area contributed by atoms with Crippen LogP contribution in [-0.4, -0.2) is 60.1 Å². The van der Waals surface area contributed by atoms with Gasteiger partial charge >= 0.3 is 0 Å². The Labute approximate surface area is 250 Å². The number of pyridine rings is 2. The summed E-state index contributed by atoms with van der Waals surface area (Å²) >= 11 is 0. The second-order valence-corrected chi connectivity index (χ2v) is 10.6. The fraction of sp³-hybridized carbons (Fsp3) is 0.273. The van der Waals surface area contributed by atoms with E-state index in [2.05, 4.69) is 56.1 Å². The molecule has 4 aromatic rings. The van der Waals surface area contributed by atoms with Crippen LogP contribution in [0.2, 0.25) is 0 Å². The third kappa shape index (κ3) is 6.84. The van der Waals surface area contributed by atoms with Crippen LogP contribution < -0.4 is 25.4 Å². The molecule has 2 aromatic heterocycles. The first-order valence-corrected chi connectivity index (χ1v) is 14.3. The molecule has 0 bridgehead atoms. The number of likely N-dealkylation sites (tertiary alicyclic amines) is 1. The second kappa shape index (κ2) is 12.8. The molecular weight excluding hydrogens is 542 g/mol. The first-order chi connectivity index (χ1) is 21.0. The van der Waals surface area contributed by atoms with Crippen molar-refractivity contribution in [2.45, 2.75) is 25.4 Å². The summed E-state index contributed by atoms with van der Waals surface area (Å²) in [6.07, 6.45) is 7.44. The van der Waals surface area contributed by atoms with Crippen LogP contribution in [0.15, 0.2) is 66.5 Å². The van der Waals surface area contributed by atoms with Crippen molar-refractivity contribution in [3.8, 4) is 23.4 Å². The summed E-state index contributed by atoms with van der Waals surface area (Å²) in [5.41, 5.74) is 3.75. The SMILES string of the molecule is CN1CCC(Oc2cc3ncc(C#N)c(Nc4ccc(Oc5c#cccc5)nc4)c3cc2NC(=O)C=C2CCNC2)CC1. The summed E-state index contributed by atoms with van der Waals surface area (Å²) in [7, 11) is 2.10. The molecule has 4 heterocycles. The van der Waals surface area contributed by atoms with Crippen molar-refractivity contribution in [2.24, 2.45) is 0 Å². The number of hydrogen-bond donors (Lipinski definition) is 3. The van der Waals surface area contributed by atoms with Gasteiger partial charge in [-0.1, -0.05) is 6.07 Å². The van der Waals surface area contributed by atoms with Crippen LogP contribution in [0.25, 0.3) is 10.9 Å². The van der Waals surface area contributed by atoms with Gasteiger partial charge in [0.25, 0.3) is 0 Å². The van der Waals surface area contributed by atoms with Crippen molar-refractivity contribution in [3.63, 3.8) is 0 Å². The van der Waals surface area contributed by atoms with Gasteiger partial charge in [-0.25, -0.2) is 4.98 Å². The van der Waals surface area contributed by atoms with E-state index in [0.717, 1.165) is 44.5 Å². The van der Waals surface area contributed by atoms with Gasteiger partial charge in [-0.2, -0.15) is 5.26 Å². The molecule has 2 aliphatic heterocycles. The molecular formula is C33H31N7O3. The smallest absolute Gasteiger partial charge is 0.248 e. The molecule has 0 atom stereocenters. The zero-order chi connectivity index (χ0) is 29.6. The predicted octanol–water partition coefficient (Wildman–Crippen LogP) is 4.97. The number of rotatable bonds is 8. The summed E-state index contributed by atoms with van der Waals surface area (Å²) < 4.78 is 12.2. The fourth-order valence-electron chi connectivity index (χ4n) is 5.15. The highest BCUT2D eigenvalue weighted by Crippen LogP contribution is 2.37. The summed E-state index contributed by atoms with van der Waals surface area (Å²) in [6, 6.07) is 20.5. The highest BCUT2D eigenvalue weighted by Gasteiger charge is 2.22. The lowest BCUT2D eigenvalue weighted by molar-refractivity contribution is -0.112. The van der Waals surface area contributed by atoms with Crippen LogP contribution in [0.1, 0.15) is 24.8 Å². The number of nitrogens with zero attached hydrogens (tertiary/aromatic N) is 4. The number of aromatic nitrogens is 2. The van der Waals surface area contributed by atoms with Crippen molar-refractivity contribution in [2.75, 3.05) is 43.9 Å². The van der Waals surface area contributed by atoms with E-state index in [4.69, 9.17) is 9.47 Å². The molecule has 10 heteroatoms. The van der Waals surface area contributed by atoms with Gasteiger partial charge in [0.2, 0.25) is 11.8 Å². The Morgan fingerprint density at radius 1 is 1.21 bits per heavy atom. The number of nitriles is 1. The van der Waals surface area contributed by atoms with Crippen molar-refractivity contribution in [3.05, 3.63) is 84.2 Å². The Bertz CT molecular complexity index is 1670. The van der Waals surface area contributed by atoms with Crippen LogP contribution in [-0.2, 0) is 4.79 Å². The van der Waals surface area contributed by atoms with Gasteiger partial charge in [-0.3, -0.25) is 9.78 Å². The van der Waals surface area contributed by atoms with E-state index < -0.39 is 0 Å². The van der Waals surface area contributed by atoms with E-state index in [0.29, 0.717) is 57.5 Å². The molecule has 0 saturated carbocycles. The summed E-state index contributed by atoms with van der Waals surface area (Å²) in [5.74, 6) is 1.24. The molecule has 2 aromatic carbocycles. The third-order valence-corrected chi connectivity index (χ3v) is 7.46. The zero-order valence-corrected chi connectivity index (χ0v) is 23.8. The number of nitrogens with one attached hydrogen (secondary N) is 3. The molecule has 0 radical (unpaired) electrons. The average molecular weight is 574 g/mol. The van der Waals surface area contributed by atoms with Crippen molar-refractivity contribution >= 4 is 33.9 Å². The first kappa shape index (κ1) is 28.0. The largest absolute Gasteiger partial charge is 0.488 e. The number of ether oxygens (including phenoxy) is 2. The Morgan fingerprint density at radius 2 is 2.09 bits per heavy atom. The minimum Gasteiger partial charge on any atom is -0.488 e. The van der Waals surface area contributed by atoms with E-state index in [-0.39, 0.29) is 12.0 Å². The number of amides is 1. The van der Waals surface area contributed by atoms with Gasteiger partial charge in [0.05, 0.1) is 34.3 Å². The van der Waals surface area contributed by atoms with Crippen molar-refractivity contribution in [1.82, 2.24) is 20.2 Å². The molecule has 1 amide bonds. The van der Waals surface area contributed by atoms with Crippen molar-refractivity contribution < 1.29 is 14.3 Å². The van der Waals surface area contributed by atoms with Gasteiger partial charge in [0, 0.05) is 49.4 Å². The molecule has 2 fully saturated rings. The molecule has 10 nitrogen and oxygen atoms in total. The van der Waals surface area contributed by atoms with E-state index in [1.54, 1.807) is 30.5 Å². The Kier molecular flexibility index (Phi) is 8.32. The lowest BCUT2D eigenvalue weighted by Crippen LogP contribution is -2.35. The van der Waals surface area contributed by atoms with E-state index >= 15 is 0 Å². The second-order valence-electron chi connectivity index (χ2n) is 10.6. The van der Waals surface area contributed by atoms with Crippen LogP contribution in [0.4, 0.5) is 17.1 Å². The monoisotopic (exact) mass is 573 g/mol. The quantitative estimate of drug-likeness (QED) is 0.251. The van der Waals surface area contributed by atoms with Gasteiger partial charge in [0.15, 0.2) is 5.75 Å². The highest BCUT2D eigenvalue weighted by molar-refractivity contribution is 6.05. The number of benzene rings is 1. The van der Waals surface area contributed by atoms with Gasteiger partial charge in [-0.15, -0.1) is 0 Å². The number of carbonyl (C=O) groups is 1. The number of hydrogen-bond acceptors (Lipinski definition) is 9. The van der Waals surface area contributed by atoms with Crippen LogP contribution in [0.5, 0.6) is 17.4 Å². The number of anilines is 3. The fourth-order valence-corrected chi connectivity index (χ4v) is 5.15.